The lowest BCUT2D eigenvalue weighted by molar-refractivity contribution is -0.121. The van der Waals surface area contributed by atoms with Crippen LogP contribution in [0.25, 0.3) is 0 Å². The van der Waals surface area contributed by atoms with Gasteiger partial charge in [0.15, 0.2) is 0 Å². The topological polar surface area (TPSA) is 29.1 Å². The normalized spacial score (nSPS) is 14.5. The van der Waals surface area contributed by atoms with E-state index < -0.39 is 0 Å². The fourth-order valence-corrected chi connectivity index (χ4v) is 3.74. The fraction of sp³-hybridized carbons (Fsp3) is 0.952. The Hall–Kier alpha value is -0.240. The molecule has 0 unspecified atom stereocenters. The summed E-state index contributed by atoms with van der Waals surface area (Å²) in [4.78, 5) is 11.8. The van der Waals surface area contributed by atoms with Crippen molar-refractivity contribution in [2.75, 3.05) is 6.54 Å². The minimum Gasteiger partial charge on any atom is -0.356 e. The Balaban J connectivity index is 0.00000529. The summed E-state index contributed by atoms with van der Waals surface area (Å²) in [6.07, 6.45) is 22.5. The van der Waals surface area contributed by atoms with Crippen molar-refractivity contribution in [2.45, 2.75) is 116 Å². The first-order chi connectivity index (χ1) is 11.3. The molecule has 0 aromatic rings. The zero-order valence-electron chi connectivity index (χ0n) is 16.1. The Labute approximate surface area is 157 Å². The van der Waals surface area contributed by atoms with E-state index in [0.717, 1.165) is 19.4 Å². The molecule has 1 fully saturated rings. The Bertz CT molecular complexity index is 277. The number of hydrogen-bond donors (Lipinski definition) is 1. The summed E-state index contributed by atoms with van der Waals surface area (Å²) in [6.45, 7) is 3.17. The quantitative estimate of drug-likeness (QED) is 0.320. The molecule has 1 saturated carbocycles. The first kappa shape index (κ1) is 23.8. The van der Waals surface area contributed by atoms with Crippen molar-refractivity contribution in [3.05, 3.63) is 0 Å². The lowest BCUT2D eigenvalue weighted by Crippen LogP contribution is -2.25. The number of unbranched alkanes of at least 4 members (excludes halogenated alkanes) is 11. The van der Waals surface area contributed by atoms with Crippen LogP contribution in [-0.4, -0.2) is 12.5 Å². The Morgan fingerprint density at radius 1 is 0.792 bits per heavy atom. The van der Waals surface area contributed by atoms with Crippen molar-refractivity contribution in [3.63, 3.8) is 0 Å². The minimum absolute atomic E-state index is 0. The van der Waals surface area contributed by atoms with Gasteiger partial charge in [0.05, 0.1) is 0 Å². The van der Waals surface area contributed by atoms with E-state index in [-0.39, 0.29) is 12.4 Å². The molecule has 2 nitrogen and oxygen atoms in total. The standard InChI is InChI=1S/C21H41NO.ClH/c1-2-3-4-5-6-7-8-9-10-11-12-15-18-22-21(23)19-20-16-13-14-17-20;/h20H,2-19H2,1H3,(H,22,23);1H. The predicted molar refractivity (Wildman–Crippen MR) is 108 cm³/mol. The van der Waals surface area contributed by atoms with Crippen molar-refractivity contribution >= 4 is 18.3 Å². The molecule has 0 aromatic carbocycles. The van der Waals surface area contributed by atoms with Crippen molar-refractivity contribution in [1.29, 1.82) is 0 Å². The SMILES string of the molecule is CCCCCCCCCCCCCCNC(=O)CC1CCCC1.Cl. The van der Waals surface area contributed by atoms with Gasteiger partial charge in [0.25, 0.3) is 0 Å². The second kappa shape index (κ2) is 17.6. The third kappa shape index (κ3) is 14.1. The van der Waals surface area contributed by atoms with E-state index in [1.807, 2.05) is 0 Å². The van der Waals surface area contributed by atoms with Crippen LogP contribution in [0.2, 0.25) is 0 Å². The molecule has 0 heterocycles. The van der Waals surface area contributed by atoms with E-state index in [2.05, 4.69) is 12.2 Å². The molecule has 1 amide bonds. The number of carbonyl (C=O) groups excluding carboxylic acids is 1. The number of carbonyl (C=O) groups is 1. The monoisotopic (exact) mass is 359 g/mol. The molecular weight excluding hydrogens is 318 g/mol. The van der Waals surface area contributed by atoms with Gasteiger partial charge in [0.2, 0.25) is 5.91 Å². The summed E-state index contributed by atoms with van der Waals surface area (Å²) in [5.41, 5.74) is 0. The second-order valence-electron chi connectivity index (χ2n) is 7.59. The molecule has 3 heteroatoms. The molecule has 0 spiro atoms. The van der Waals surface area contributed by atoms with Gasteiger partial charge in [-0.1, -0.05) is 90.4 Å². The van der Waals surface area contributed by atoms with Crippen LogP contribution < -0.4 is 5.32 Å². The average Bonchev–Trinajstić information content (AvgIpc) is 3.04. The van der Waals surface area contributed by atoms with Gasteiger partial charge in [0, 0.05) is 13.0 Å². The molecular formula is C21H42ClNO. The number of halogens is 1. The molecule has 1 rings (SSSR count). The average molecular weight is 360 g/mol. The van der Waals surface area contributed by atoms with Gasteiger partial charge in [-0.3, -0.25) is 4.79 Å². The van der Waals surface area contributed by atoms with E-state index in [1.165, 1.54) is 96.3 Å². The molecule has 0 atom stereocenters. The maximum atomic E-state index is 11.8. The molecule has 0 saturated heterocycles. The summed E-state index contributed by atoms with van der Waals surface area (Å²) >= 11 is 0. The van der Waals surface area contributed by atoms with E-state index >= 15 is 0 Å². The van der Waals surface area contributed by atoms with Crippen LogP contribution in [-0.2, 0) is 4.79 Å². The van der Waals surface area contributed by atoms with Gasteiger partial charge >= 0.3 is 0 Å². The molecule has 1 aliphatic carbocycles. The zero-order chi connectivity index (χ0) is 16.6. The zero-order valence-corrected chi connectivity index (χ0v) is 16.9. The molecule has 0 aliphatic heterocycles. The van der Waals surface area contributed by atoms with Gasteiger partial charge in [-0.05, 0) is 25.2 Å². The van der Waals surface area contributed by atoms with Gasteiger partial charge < -0.3 is 5.32 Å². The summed E-state index contributed by atoms with van der Waals surface area (Å²) < 4.78 is 0. The predicted octanol–water partition coefficient (Wildman–Crippen LogP) is 6.81. The van der Waals surface area contributed by atoms with Gasteiger partial charge in [-0.25, -0.2) is 0 Å². The van der Waals surface area contributed by atoms with E-state index in [4.69, 9.17) is 0 Å². The summed E-state index contributed by atoms with van der Waals surface area (Å²) in [5, 5.41) is 3.11. The minimum atomic E-state index is 0. The summed E-state index contributed by atoms with van der Waals surface area (Å²) in [7, 11) is 0. The third-order valence-electron chi connectivity index (χ3n) is 5.30. The van der Waals surface area contributed by atoms with Gasteiger partial charge in [-0.2, -0.15) is 0 Å². The van der Waals surface area contributed by atoms with Crippen molar-refractivity contribution in [3.8, 4) is 0 Å². The van der Waals surface area contributed by atoms with Crippen LogP contribution in [0.15, 0.2) is 0 Å². The van der Waals surface area contributed by atoms with Crippen LogP contribution >= 0.6 is 12.4 Å². The van der Waals surface area contributed by atoms with Crippen molar-refractivity contribution in [2.24, 2.45) is 5.92 Å². The molecule has 1 aliphatic rings. The highest BCUT2D eigenvalue weighted by Gasteiger charge is 2.17. The fourth-order valence-electron chi connectivity index (χ4n) is 3.74. The molecule has 24 heavy (non-hydrogen) atoms. The largest absolute Gasteiger partial charge is 0.356 e. The Morgan fingerprint density at radius 2 is 1.25 bits per heavy atom. The smallest absolute Gasteiger partial charge is 0.220 e. The molecule has 0 bridgehead atoms. The van der Waals surface area contributed by atoms with E-state index in [9.17, 15) is 4.79 Å². The van der Waals surface area contributed by atoms with Crippen molar-refractivity contribution in [1.82, 2.24) is 5.32 Å². The Morgan fingerprint density at radius 3 is 1.75 bits per heavy atom. The van der Waals surface area contributed by atoms with Gasteiger partial charge in [-0.15, -0.1) is 12.4 Å². The first-order valence-corrected chi connectivity index (χ1v) is 10.6. The van der Waals surface area contributed by atoms with Crippen LogP contribution in [0.4, 0.5) is 0 Å². The van der Waals surface area contributed by atoms with Crippen molar-refractivity contribution < 1.29 is 4.79 Å². The number of rotatable bonds is 15. The van der Waals surface area contributed by atoms with Gasteiger partial charge in [0.1, 0.15) is 0 Å². The molecule has 0 aromatic heterocycles. The highest BCUT2D eigenvalue weighted by atomic mass is 35.5. The number of nitrogens with one attached hydrogen (secondary N) is 1. The summed E-state index contributed by atoms with van der Waals surface area (Å²) in [5.74, 6) is 0.969. The lowest BCUT2D eigenvalue weighted by Gasteiger charge is -2.09. The van der Waals surface area contributed by atoms with Crippen LogP contribution in [0.5, 0.6) is 0 Å². The Kier molecular flexibility index (Phi) is 17.4. The highest BCUT2D eigenvalue weighted by Crippen LogP contribution is 2.27. The molecule has 1 N–H and O–H groups in total. The number of hydrogen-bond acceptors (Lipinski definition) is 1. The van der Waals surface area contributed by atoms with E-state index in [1.54, 1.807) is 0 Å². The lowest BCUT2D eigenvalue weighted by atomic mass is 10.0. The van der Waals surface area contributed by atoms with Crippen LogP contribution in [0.3, 0.4) is 0 Å². The highest BCUT2D eigenvalue weighted by molar-refractivity contribution is 5.85. The molecule has 0 radical (unpaired) electrons. The maximum Gasteiger partial charge on any atom is 0.220 e. The number of amides is 1. The third-order valence-corrected chi connectivity index (χ3v) is 5.30. The second-order valence-corrected chi connectivity index (χ2v) is 7.59. The maximum absolute atomic E-state index is 11.8. The van der Waals surface area contributed by atoms with Crippen LogP contribution in [0, 0.1) is 5.92 Å². The summed E-state index contributed by atoms with van der Waals surface area (Å²) in [6, 6.07) is 0. The van der Waals surface area contributed by atoms with Crippen LogP contribution in [0.1, 0.15) is 116 Å². The molecule has 144 valence electrons. The van der Waals surface area contributed by atoms with E-state index in [0.29, 0.717) is 11.8 Å². The first-order valence-electron chi connectivity index (χ1n) is 10.6.